The predicted octanol–water partition coefficient (Wildman–Crippen LogP) is 6.48. The van der Waals surface area contributed by atoms with Crippen molar-refractivity contribution >= 4 is 5.69 Å². The second-order valence-corrected chi connectivity index (χ2v) is 9.21. The van der Waals surface area contributed by atoms with Crippen LogP contribution in [0.5, 0.6) is 0 Å². The van der Waals surface area contributed by atoms with Gasteiger partial charge in [-0.2, -0.15) is 0 Å². The number of allylic oxidation sites excluding steroid dienone is 2. The van der Waals surface area contributed by atoms with Gasteiger partial charge in [0.2, 0.25) is 0 Å². The lowest BCUT2D eigenvalue weighted by molar-refractivity contribution is 0.358. The molecule has 0 aliphatic carbocycles. The second-order valence-electron chi connectivity index (χ2n) is 9.21. The molecule has 2 aromatic rings. The molecule has 28 heavy (non-hydrogen) atoms. The van der Waals surface area contributed by atoms with Crippen LogP contribution in [-0.4, -0.2) is 18.7 Å². The lowest BCUT2D eigenvalue weighted by Crippen LogP contribution is -2.18. The van der Waals surface area contributed by atoms with Gasteiger partial charge in [0.15, 0.2) is 0 Å². The van der Waals surface area contributed by atoms with E-state index in [4.69, 9.17) is 0 Å². The fourth-order valence-electron chi connectivity index (χ4n) is 4.19. The van der Waals surface area contributed by atoms with Crippen molar-refractivity contribution in [2.75, 3.05) is 19.0 Å². The summed E-state index contributed by atoms with van der Waals surface area (Å²) in [6.45, 7) is 20.4. The van der Waals surface area contributed by atoms with E-state index in [0.29, 0.717) is 0 Å². The maximum absolute atomic E-state index is 4.18. The van der Waals surface area contributed by atoms with Gasteiger partial charge < -0.3 is 9.47 Å². The van der Waals surface area contributed by atoms with E-state index >= 15 is 0 Å². The first-order valence-corrected chi connectivity index (χ1v) is 10.3. The zero-order chi connectivity index (χ0) is 21.1. The molecule has 2 nitrogen and oxygen atoms in total. The Balaban J connectivity index is 2.54. The first-order chi connectivity index (χ1) is 13.1. The normalized spacial score (nSPS) is 11.5. The molecular weight excluding hydrogens is 340 g/mol. The fourth-order valence-corrected chi connectivity index (χ4v) is 4.19. The van der Waals surface area contributed by atoms with Gasteiger partial charge in [0, 0.05) is 44.1 Å². The lowest BCUT2D eigenvalue weighted by atomic mass is 9.83. The highest BCUT2D eigenvalue weighted by Crippen LogP contribution is 2.34. The Kier molecular flexibility index (Phi) is 6.98. The highest BCUT2D eigenvalue weighted by atomic mass is 15.1. The first-order valence-electron chi connectivity index (χ1n) is 10.3. The van der Waals surface area contributed by atoms with E-state index in [9.17, 15) is 0 Å². The number of anilines is 1. The summed E-state index contributed by atoms with van der Waals surface area (Å²) < 4.78 is 2.50. The Labute approximate surface area is 172 Å². The standard InChI is InChI=1S/C26H38N2/c1-10-15-26(6,7)17-25-20(4)23(21(5)28(25)18-19(2)3)16-22-13-11-12-14-24(22)27(8)9/h10-14H,1-2,15-18H2,3-9H3. The highest BCUT2D eigenvalue weighted by Gasteiger charge is 2.24. The van der Waals surface area contributed by atoms with Gasteiger partial charge in [-0.25, -0.2) is 0 Å². The molecular formula is C26H38N2. The molecule has 0 N–H and O–H groups in total. The summed E-state index contributed by atoms with van der Waals surface area (Å²) in [6, 6.07) is 8.73. The number of para-hydroxylation sites is 1. The fraction of sp³-hybridized carbons (Fsp3) is 0.462. The van der Waals surface area contributed by atoms with Crippen LogP contribution in [0.3, 0.4) is 0 Å². The second kappa shape index (κ2) is 8.86. The number of aromatic nitrogens is 1. The van der Waals surface area contributed by atoms with E-state index in [1.165, 1.54) is 39.3 Å². The van der Waals surface area contributed by atoms with E-state index in [1.54, 1.807) is 0 Å². The SMILES string of the molecule is C=CCC(C)(C)Cc1c(C)c(Cc2ccccc2N(C)C)c(C)n1CC(=C)C. The van der Waals surface area contributed by atoms with Crippen molar-refractivity contribution in [3.05, 3.63) is 77.2 Å². The third kappa shape index (κ3) is 4.98. The van der Waals surface area contributed by atoms with Crippen LogP contribution in [0.15, 0.2) is 49.1 Å². The summed E-state index contributed by atoms with van der Waals surface area (Å²) in [7, 11) is 4.24. The van der Waals surface area contributed by atoms with Crippen LogP contribution in [0.4, 0.5) is 5.69 Å². The Hall–Kier alpha value is -2.22. The third-order valence-electron chi connectivity index (χ3n) is 5.66. The number of rotatable bonds is 9. The first kappa shape index (κ1) is 22.1. The maximum Gasteiger partial charge on any atom is 0.0429 e. The quantitative estimate of drug-likeness (QED) is 0.453. The molecule has 0 aliphatic heterocycles. The molecule has 0 radical (unpaired) electrons. The van der Waals surface area contributed by atoms with E-state index in [1.807, 2.05) is 6.08 Å². The topological polar surface area (TPSA) is 8.17 Å². The van der Waals surface area contributed by atoms with Gasteiger partial charge in [-0.1, -0.05) is 50.3 Å². The highest BCUT2D eigenvalue weighted by molar-refractivity contribution is 5.55. The van der Waals surface area contributed by atoms with Crippen LogP contribution in [0.2, 0.25) is 0 Å². The van der Waals surface area contributed by atoms with Crippen LogP contribution in [0.1, 0.15) is 55.3 Å². The molecule has 0 unspecified atom stereocenters. The molecule has 0 aliphatic rings. The van der Waals surface area contributed by atoms with Crippen LogP contribution < -0.4 is 4.90 Å². The van der Waals surface area contributed by atoms with Gasteiger partial charge >= 0.3 is 0 Å². The van der Waals surface area contributed by atoms with E-state index < -0.39 is 0 Å². The predicted molar refractivity (Wildman–Crippen MR) is 125 cm³/mol. The molecule has 2 rings (SSSR count). The molecule has 2 heteroatoms. The lowest BCUT2D eigenvalue weighted by Gasteiger charge is -2.25. The van der Waals surface area contributed by atoms with E-state index in [2.05, 4.69) is 95.6 Å². The molecule has 0 saturated carbocycles. The van der Waals surface area contributed by atoms with Gasteiger partial charge in [-0.05, 0) is 61.8 Å². The van der Waals surface area contributed by atoms with E-state index in [0.717, 1.165) is 25.8 Å². The number of benzene rings is 1. The summed E-state index contributed by atoms with van der Waals surface area (Å²) in [5.41, 5.74) is 9.78. The van der Waals surface area contributed by atoms with Gasteiger partial charge in [-0.3, -0.25) is 0 Å². The minimum Gasteiger partial charge on any atom is -0.377 e. The molecule has 1 aromatic carbocycles. The maximum atomic E-state index is 4.18. The third-order valence-corrected chi connectivity index (χ3v) is 5.66. The summed E-state index contributed by atoms with van der Waals surface area (Å²) in [6.07, 6.45) is 5.07. The molecule has 0 amide bonds. The molecule has 0 atom stereocenters. The van der Waals surface area contributed by atoms with Gasteiger partial charge in [0.1, 0.15) is 0 Å². The van der Waals surface area contributed by atoms with Gasteiger partial charge in [-0.15, -0.1) is 6.58 Å². The molecule has 152 valence electrons. The van der Waals surface area contributed by atoms with Crippen molar-refractivity contribution in [1.29, 1.82) is 0 Å². The molecule has 0 spiro atoms. The van der Waals surface area contributed by atoms with Crippen molar-refractivity contribution in [1.82, 2.24) is 4.57 Å². The van der Waals surface area contributed by atoms with Crippen LogP contribution in [0.25, 0.3) is 0 Å². The molecule has 1 heterocycles. The summed E-state index contributed by atoms with van der Waals surface area (Å²) >= 11 is 0. The number of hydrogen-bond acceptors (Lipinski definition) is 1. The van der Waals surface area contributed by atoms with Crippen molar-refractivity contribution < 1.29 is 0 Å². The average Bonchev–Trinajstić information content (AvgIpc) is 2.79. The minimum atomic E-state index is 0.197. The van der Waals surface area contributed by atoms with Crippen molar-refractivity contribution in [2.45, 2.75) is 60.4 Å². The Bertz CT molecular complexity index is 850. The average molecular weight is 379 g/mol. The van der Waals surface area contributed by atoms with Crippen molar-refractivity contribution in [3.63, 3.8) is 0 Å². The van der Waals surface area contributed by atoms with Gasteiger partial charge in [0.05, 0.1) is 0 Å². The summed E-state index contributed by atoms with van der Waals surface area (Å²) in [5, 5.41) is 0. The molecule has 1 aromatic heterocycles. The Morgan fingerprint density at radius 1 is 1.18 bits per heavy atom. The number of nitrogens with zero attached hydrogens (tertiary/aromatic N) is 2. The Morgan fingerprint density at radius 2 is 1.82 bits per heavy atom. The van der Waals surface area contributed by atoms with Crippen LogP contribution in [-0.2, 0) is 19.4 Å². The van der Waals surface area contributed by atoms with Crippen LogP contribution >= 0.6 is 0 Å². The largest absolute Gasteiger partial charge is 0.377 e. The smallest absolute Gasteiger partial charge is 0.0429 e. The minimum absolute atomic E-state index is 0.197. The van der Waals surface area contributed by atoms with Crippen LogP contribution in [0, 0.1) is 19.3 Å². The monoisotopic (exact) mass is 378 g/mol. The van der Waals surface area contributed by atoms with E-state index in [-0.39, 0.29) is 5.41 Å². The summed E-state index contributed by atoms with van der Waals surface area (Å²) in [5.74, 6) is 0. The van der Waals surface area contributed by atoms with Gasteiger partial charge in [0.25, 0.3) is 0 Å². The molecule has 0 bridgehead atoms. The zero-order valence-corrected chi connectivity index (χ0v) is 19.0. The zero-order valence-electron chi connectivity index (χ0n) is 19.0. The molecule has 0 fully saturated rings. The molecule has 0 saturated heterocycles. The number of hydrogen-bond donors (Lipinski definition) is 0. The van der Waals surface area contributed by atoms with Crippen molar-refractivity contribution in [2.24, 2.45) is 5.41 Å². The van der Waals surface area contributed by atoms with Crippen molar-refractivity contribution in [3.8, 4) is 0 Å². The Morgan fingerprint density at radius 3 is 2.39 bits per heavy atom. The summed E-state index contributed by atoms with van der Waals surface area (Å²) in [4.78, 5) is 2.21.